The number of hydrogen-bond acceptors (Lipinski definition) is 4. The number of thiazole rings is 1. The molecule has 0 spiro atoms. The van der Waals surface area contributed by atoms with E-state index in [1.165, 1.54) is 21.8 Å². The van der Waals surface area contributed by atoms with E-state index in [2.05, 4.69) is 36.2 Å². The molecule has 4 heteroatoms. The van der Waals surface area contributed by atoms with Crippen LogP contribution in [0.1, 0.15) is 21.1 Å². The van der Waals surface area contributed by atoms with Crippen molar-refractivity contribution in [2.45, 2.75) is 17.6 Å². The highest BCUT2D eigenvalue weighted by Gasteiger charge is 2.01. The zero-order valence-corrected chi connectivity index (χ0v) is 10.5. The van der Waals surface area contributed by atoms with Gasteiger partial charge in [0.25, 0.3) is 0 Å². The molecule has 0 amide bonds. The van der Waals surface area contributed by atoms with Crippen LogP contribution in [0.4, 0.5) is 0 Å². The number of aldehydes is 1. The highest BCUT2D eigenvalue weighted by molar-refractivity contribution is 7.98. The van der Waals surface area contributed by atoms with Crippen molar-refractivity contribution in [1.82, 2.24) is 4.98 Å². The summed E-state index contributed by atoms with van der Waals surface area (Å²) in [7, 11) is 0. The van der Waals surface area contributed by atoms with E-state index in [1.54, 1.807) is 17.1 Å². The highest BCUT2D eigenvalue weighted by Crippen LogP contribution is 2.24. The van der Waals surface area contributed by atoms with Crippen LogP contribution >= 0.6 is 23.1 Å². The Hall–Kier alpha value is -1.13. The molecule has 0 bridgehead atoms. The van der Waals surface area contributed by atoms with Crippen LogP contribution in [0.5, 0.6) is 0 Å². The number of nitrogens with zero attached hydrogens (tertiary/aromatic N) is 1. The lowest BCUT2D eigenvalue weighted by Gasteiger charge is -1.99. The van der Waals surface area contributed by atoms with E-state index in [0.717, 1.165) is 17.0 Å². The number of rotatable bonds is 4. The molecule has 0 saturated heterocycles. The summed E-state index contributed by atoms with van der Waals surface area (Å²) in [5.74, 6) is 0.821. The van der Waals surface area contributed by atoms with Crippen molar-refractivity contribution in [3.63, 3.8) is 0 Å². The van der Waals surface area contributed by atoms with Gasteiger partial charge in [0, 0.05) is 10.3 Å². The first kappa shape index (κ1) is 11.4. The Balaban J connectivity index is 1.96. The first-order valence-electron chi connectivity index (χ1n) is 4.87. The second-order valence-corrected chi connectivity index (χ2v) is 5.38. The molecule has 82 valence electrons. The van der Waals surface area contributed by atoms with E-state index in [1.807, 2.05) is 0 Å². The van der Waals surface area contributed by atoms with Crippen LogP contribution in [0.3, 0.4) is 0 Å². The van der Waals surface area contributed by atoms with Crippen molar-refractivity contribution in [2.75, 3.05) is 0 Å². The monoisotopic (exact) mass is 249 g/mol. The van der Waals surface area contributed by atoms with E-state index in [4.69, 9.17) is 0 Å². The van der Waals surface area contributed by atoms with Crippen molar-refractivity contribution in [1.29, 1.82) is 0 Å². The lowest BCUT2D eigenvalue weighted by molar-refractivity contribution is 0.111. The first-order valence-corrected chi connectivity index (χ1v) is 6.73. The Morgan fingerprint density at radius 3 is 2.75 bits per heavy atom. The van der Waals surface area contributed by atoms with Gasteiger partial charge in [0.2, 0.25) is 0 Å². The minimum absolute atomic E-state index is 0.532. The molecular formula is C12H11NOS2. The van der Waals surface area contributed by atoms with Gasteiger partial charge in [0.05, 0.1) is 5.75 Å². The van der Waals surface area contributed by atoms with Gasteiger partial charge in [0.1, 0.15) is 10.7 Å². The fourth-order valence-electron chi connectivity index (χ4n) is 1.23. The van der Waals surface area contributed by atoms with Gasteiger partial charge in [-0.1, -0.05) is 17.7 Å². The molecule has 1 aromatic carbocycles. The Morgan fingerprint density at radius 1 is 1.38 bits per heavy atom. The summed E-state index contributed by atoms with van der Waals surface area (Å²) in [5.41, 5.74) is 1.80. The van der Waals surface area contributed by atoms with E-state index >= 15 is 0 Å². The topological polar surface area (TPSA) is 30.0 Å². The van der Waals surface area contributed by atoms with Crippen LogP contribution < -0.4 is 0 Å². The fourth-order valence-corrected chi connectivity index (χ4v) is 2.88. The molecule has 16 heavy (non-hydrogen) atoms. The molecule has 2 nitrogen and oxygen atoms in total. The van der Waals surface area contributed by atoms with Gasteiger partial charge in [0.15, 0.2) is 6.29 Å². The fraction of sp³-hybridized carbons (Fsp3) is 0.167. The average Bonchev–Trinajstić information content (AvgIpc) is 2.76. The summed E-state index contributed by atoms with van der Waals surface area (Å²) in [5, 5.41) is 2.78. The first-order chi connectivity index (χ1) is 7.78. The minimum Gasteiger partial charge on any atom is -0.296 e. The maximum absolute atomic E-state index is 10.5. The van der Waals surface area contributed by atoms with Crippen molar-refractivity contribution in [2.24, 2.45) is 0 Å². The smallest absolute Gasteiger partial charge is 0.169 e. The van der Waals surface area contributed by atoms with Crippen LogP contribution in [-0.4, -0.2) is 11.3 Å². The molecule has 0 saturated carbocycles. The highest BCUT2D eigenvalue weighted by atomic mass is 32.2. The van der Waals surface area contributed by atoms with Gasteiger partial charge in [-0.2, -0.15) is 0 Å². The van der Waals surface area contributed by atoms with Gasteiger partial charge in [-0.15, -0.1) is 23.1 Å². The molecule has 0 aliphatic rings. The van der Waals surface area contributed by atoms with E-state index in [0.29, 0.717) is 5.69 Å². The Bertz CT molecular complexity index is 476. The van der Waals surface area contributed by atoms with E-state index < -0.39 is 0 Å². The SMILES string of the molecule is Cc1ccc(SCc2nc(C=O)cs2)cc1. The number of hydrogen-bond donors (Lipinski definition) is 0. The second-order valence-electron chi connectivity index (χ2n) is 3.39. The zero-order chi connectivity index (χ0) is 11.4. The summed E-state index contributed by atoms with van der Waals surface area (Å²) in [4.78, 5) is 15.9. The summed E-state index contributed by atoms with van der Waals surface area (Å²) in [6.45, 7) is 2.08. The van der Waals surface area contributed by atoms with Crippen LogP contribution in [0, 0.1) is 6.92 Å². The van der Waals surface area contributed by atoms with Gasteiger partial charge in [-0.3, -0.25) is 4.79 Å². The predicted octanol–water partition coefficient (Wildman–Crippen LogP) is 3.56. The molecule has 2 aromatic rings. The normalized spacial score (nSPS) is 10.3. The molecule has 0 unspecified atom stereocenters. The third-order valence-corrected chi connectivity index (χ3v) is 4.15. The number of thioether (sulfide) groups is 1. The molecule has 0 N–H and O–H groups in total. The van der Waals surface area contributed by atoms with Crippen molar-refractivity contribution in [3.8, 4) is 0 Å². The van der Waals surface area contributed by atoms with Gasteiger partial charge >= 0.3 is 0 Å². The molecule has 0 radical (unpaired) electrons. The molecule has 0 atom stereocenters. The number of aryl methyl sites for hydroxylation is 1. The minimum atomic E-state index is 0.532. The third kappa shape index (κ3) is 2.93. The van der Waals surface area contributed by atoms with Crippen LogP contribution in [0.25, 0.3) is 0 Å². The second kappa shape index (κ2) is 5.27. The lowest BCUT2D eigenvalue weighted by atomic mass is 10.2. The molecule has 0 aliphatic carbocycles. The zero-order valence-electron chi connectivity index (χ0n) is 8.84. The van der Waals surface area contributed by atoms with E-state index in [-0.39, 0.29) is 0 Å². The maximum Gasteiger partial charge on any atom is 0.169 e. The number of aromatic nitrogens is 1. The average molecular weight is 249 g/mol. The van der Waals surface area contributed by atoms with Crippen molar-refractivity contribution in [3.05, 3.63) is 45.9 Å². The molecule has 0 fully saturated rings. The lowest BCUT2D eigenvalue weighted by Crippen LogP contribution is -1.82. The molecule has 1 aromatic heterocycles. The summed E-state index contributed by atoms with van der Waals surface area (Å²) in [6, 6.07) is 8.41. The number of carbonyl (C=O) groups excluding carboxylic acids is 1. The van der Waals surface area contributed by atoms with Gasteiger partial charge < -0.3 is 0 Å². The van der Waals surface area contributed by atoms with Gasteiger partial charge in [-0.25, -0.2) is 4.98 Å². The van der Waals surface area contributed by atoms with Crippen molar-refractivity contribution < 1.29 is 4.79 Å². The maximum atomic E-state index is 10.5. The largest absolute Gasteiger partial charge is 0.296 e. The molecule has 0 aliphatic heterocycles. The summed E-state index contributed by atoms with van der Waals surface area (Å²) in [6.07, 6.45) is 0.788. The van der Waals surface area contributed by atoms with E-state index in [9.17, 15) is 4.79 Å². The Kier molecular flexibility index (Phi) is 3.74. The quantitative estimate of drug-likeness (QED) is 0.613. The molecular weight excluding hydrogens is 238 g/mol. The standard InChI is InChI=1S/C12H11NOS2/c1-9-2-4-11(5-3-9)15-8-12-13-10(6-14)7-16-12/h2-7H,8H2,1H3. The van der Waals surface area contributed by atoms with Gasteiger partial charge in [-0.05, 0) is 19.1 Å². The van der Waals surface area contributed by atoms with Crippen molar-refractivity contribution >= 4 is 29.4 Å². The molecule has 2 rings (SSSR count). The van der Waals surface area contributed by atoms with Crippen LogP contribution in [0.15, 0.2) is 34.5 Å². The molecule has 1 heterocycles. The van der Waals surface area contributed by atoms with Crippen LogP contribution in [0.2, 0.25) is 0 Å². The summed E-state index contributed by atoms with van der Waals surface area (Å²) >= 11 is 3.27. The Morgan fingerprint density at radius 2 is 2.12 bits per heavy atom. The number of carbonyl (C=O) groups is 1. The summed E-state index contributed by atoms with van der Waals surface area (Å²) < 4.78 is 0. The third-order valence-electron chi connectivity index (χ3n) is 2.07. The predicted molar refractivity (Wildman–Crippen MR) is 68.2 cm³/mol. The Labute approximate surface area is 103 Å². The van der Waals surface area contributed by atoms with Crippen LogP contribution in [-0.2, 0) is 5.75 Å². The number of benzene rings is 1.